The molecule has 0 radical (unpaired) electrons. The number of rotatable bonds is 3. The molecule has 1 aromatic carbocycles. The quantitative estimate of drug-likeness (QED) is 0.457. The van der Waals surface area contributed by atoms with Gasteiger partial charge in [0.2, 0.25) is 0 Å². The summed E-state index contributed by atoms with van der Waals surface area (Å²) in [7, 11) is 0. The average molecular weight is 241 g/mol. The van der Waals surface area contributed by atoms with Crippen molar-refractivity contribution < 1.29 is 14.5 Å². The molecule has 0 unspecified atom stereocenters. The van der Waals surface area contributed by atoms with Crippen LogP contribution in [0.4, 0.5) is 5.69 Å². The predicted octanol–water partition coefficient (Wildman–Crippen LogP) is 1.93. The number of nitrogens with zero attached hydrogens (tertiary/aromatic N) is 2. The van der Waals surface area contributed by atoms with Gasteiger partial charge in [-0.3, -0.25) is 10.1 Å². The Bertz CT molecular complexity index is 481. The Hall–Kier alpha value is -2.13. The molecule has 0 bridgehead atoms. The van der Waals surface area contributed by atoms with Crippen LogP contribution in [0.15, 0.2) is 18.2 Å². The van der Waals surface area contributed by atoms with Gasteiger partial charge in [0.05, 0.1) is 15.5 Å². The van der Waals surface area contributed by atoms with Gasteiger partial charge in [-0.2, -0.15) is 5.26 Å². The standard InChI is InChI=1S/C9H5ClN2O4/c10-8-2-1-6(12(14)15)5-7(8)9(13)16-4-3-11/h1-2,5H,4H2. The third-order valence-corrected chi connectivity index (χ3v) is 1.98. The maximum Gasteiger partial charge on any atom is 0.340 e. The fourth-order valence-corrected chi connectivity index (χ4v) is 1.15. The lowest BCUT2D eigenvalue weighted by molar-refractivity contribution is -0.384. The van der Waals surface area contributed by atoms with Crippen LogP contribution in [-0.4, -0.2) is 17.5 Å². The molecule has 0 heterocycles. The van der Waals surface area contributed by atoms with E-state index in [1.165, 1.54) is 12.1 Å². The fourth-order valence-electron chi connectivity index (χ4n) is 0.959. The van der Waals surface area contributed by atoms with Crippen molar-refractivity contribution in [3.63, 3.8) is 0 Å². The average Bonchev–Trinajstić information content (AvgIpc) is 2.26. The van der Waals surface area contributed by atoms with E-state index in [4.69, 9.17) is 16.9 Å². The second-order valence-electron chi connectivity index (χ2n) is 2.66. The van der Waals surface area contributed by atoms with Crippen molar-refractivity contribution in [2.45, 2.75) is 0 Å². The molecule has 0 saturated heterocycles. The molecule has 0 aliphatic rings. The van der Waals surface area contributed by atoms with Crippen LogP contribution in [0.3, 0.4) is 0 Å². The largest absolute Gasteiger partial charge is 0.447 e. The van der Waals surface area contributed by atoms with Crippen LogP contribution in [0.2, 0.25) is 5.02 Å². The third kappa shape index (κ3) is 2.68. The highest BCUT2D eigenvalue weighted by atomic mass is 35.5. The highest BCUT2D eigenvalue weighted by Gasteiger charge is 2.16. The molecule has 0 atom stereocenters. The number of carbonyl (C=O) groups excluding carboxylic acids is 1. The minimum absolute atomic E-state index is 0.0357. The number of nitro benzene ring substituents is 1. The first-order valence-corrected chi connectivity index (χ1v) is 4.42. The van der Waals surface area contributed by atoms with E-state index in [-0.39, 0.29) is 16.3 Å². The van der Waals surface area contributed by atoms with Crippen LogP contribution in [0.5, 0.6) is 0 Å². The zero-order chi connectivity index (χ0) is 12.1. The second kappa shape index (κ2) is 5.09. The van der Waals surface area contributed by atoms with Gasteiger partial charge in [-0.15, -0.1) is 0 Å². The maximum absolute atomic E-state index is 11.3. The molecule has 0 fully saturated rings. The molecule has 82 valence electrons. The SMILES string of the molecule is N#CCOC(=O)c1cc([N+](=O)[O-])ccc1Cl. The summed E-state index contributed by atoms with van der Waals surface area (Å²) in [5, 5.41) is 18.7. The van der Waals surface area contributed by atoms with Crippen molar-refractivity contribution in [2.24, 2.45) is 0 Å². The van der Waals surface area contributed by atoms with E-state index in [0.29, 0.717) is 0 Å². The first kappa shape index (κ1) is 11.9. The number of ether oxygens (including phenoxy) is 1. The van der Waals surface area contributed by atoms with Gasteiger partial charge in [-0.1, -0.05) is 11.6 Å². The Balaban J connectivity index is 3.03. The minimum atomic E-state index is -0.866. The van der Waals surface area contributed by atoms with Gasteiger partial charge in [-0.05, 0) is 6.07 Å². The van der Waals surface area contributed by atoms with E-state index in [1.54, 1.807) is 6.07 Å². The topological polar surface area (TPSA) is 93.2 Å². The zero-order valence-electron chi connectivity index (χ0n) is 7.84. The van der Waals surface area contributed by atoms with E-state index in [9.17, 15) is 14.9 Å². The van der Waals surface area contributed by atoms with Crippen molar-refractivity contribution in [3.8, 4) is 6.07 Å². The molecule has 0 aliphatic heterocycles. The minimum Gasteiger partial charge on any atom is -0.447 e. The molecule has 0 aromatic heterocycles. The number of nitriles is 1. The Labute approximate surface area is 95.2 Å². The highest BCUT2D eigenvalue weighted by Crippen LogP contribution is 2.22. The van der Waals surface area contributed by atoms with Crippen molar-refractivity contribution in [3.05, 3.63) is 38.9 Å². The number of halogens is 1. The van der Waals surface area contributed by atoms with Gasteiger partial charge in [0.15, 0.2) is 6.61 Å². The summed E-state index contributed by atoms with van der Waals surface area (Å²) < 4.78 is 4.49. The number of hydrogen-bond donors (Lipinski definition) is 0. The number of carbonyl (C=O) groups is 1. The molecular formula is C9H5ClN2O4. The van der Waals surface area contributed by atoms with Crippen LogP contribution in [-0.2, 0) is 4.74 Å². The van der Waals surface area contributed by atoms with Gasteiger partial charge in [0.25, 0.3) is 5.69 Å². The van der Waals surface area contributed by atoms with Crippen LogP contribution in [0, 0.1) is 21.4 Å². The highest BCUT2D eigenvalue weighted by molar-refractivity contribution is 6.33. The second-order valence-corrected chi connectivity index (χ2v) is 3.06. The summed E-state index contributed by atoms with van der Waals surface area (Å²) in [6, 6.07) is 5.00. The smallest absolute Gasteiger partial charge is 0.340 e. The number of hydrogen-bond acceptors (Lipinski definition) is 5. The summed E-state index contributed by atoms with van der Waals surface area (Å²) >= 11 is 5.67. The Morgan fingerprint density at radius 3 is 2.88 bits per heavy atom. The van der Waals surface area contributed by atoms with E-state index in [0.717, 1.165) is 6.07 Å². The van der Waals surface area contributed by atoms with Crippen LogP contribution < -0.4 is 0 Å². The van der Waals surface area contributed by atoms with Crippen molar-refractivity contribution in [1.82, 2.24) is 0 Å². The Morgan fingerprint density at radius 1 is 1.62 bits per heavy atom. The molecule has 0 spiro atoms. The number of benzene rings is 1. The third-order valence-electron chi connectivity index (χ3n) is 1.65. The summed E-state index contributed by atoms with van der Waals surface area (Å²) in [5.41, 5.74) is -0.403. The lowest BCUT2D eigenvalue weighted by Gasteiger charge is -2.02. The molecule has 7 heteroatoms. The zero-order valence-corrected chi connectivity index (χ0v) is 8.60. The Kier molecular flexibility index (Phi) is 3.80. The first-order chi connectivity index (χ1) is 7.56. The van der Waals surface area contributed by atoms with Gasteiger partial charge < -0.3 is 4.74 Å². The van der Waals surface area contributed by atoms with Gasteiger partial charge >= 0.3 is 5.97 Å². The van der Waals surface area contributed by atoms with Crippen LogP contribution in [0.25, 0.3) is 0 Å². The van der Waals surface area contributed by atoms with E-state index >= 15 is 0 Å². The molecule has 1 rings (SSSR count). The lowest BCUT2D eigenvalue weighted by Crippen LogP contribution is -2.06. The molecule has 0 saturated carbocycles. The molecular weight excluding hydrogens is 236 g/mol. The van der Waals surface area contributed by atoms with Crippen LogP contribution >= 0.6 is 11.6 Å². The van der Waals surface area contributed by atoms with Crippen molar-refractivity contribution in [2.75, 3.05) is 6.61 Å². The normalized spacial score (nSPS) is 9.25. The summed E-state index contributed by atoms with van der Waals surface area (Å²) in [6.07, 6.45) is 0. The van der Waals surface area contributed by atoms with E-state index < -0.39 is 17.5 Å². The molecule has 0 amide bonds. The van der Waals surface area contributed by atoms with Gasteiger partial charge in [-0.25, -0.2) is 4.79 Å². The van der Waals surface area contributed by atoms with E-state index in [2.05, 4.69) is 4.74 Å². The van der Waals surface area contributed by atoms with E-state index in [1.807, 2.05) is 0 Å². The molecule has 16 heavy (non-hydrogen) atoms. The maximum atomic E-state index is 11.3. The molecule has 1 aromatic rings. The summed E-state index contributed by atoms with van der Waals surface area (Å²) in [6.45, 7) is -0.433. The van der Waals surface area contributed by atoms with Crippen molar-refractivity contribution in [1.29, 1.82) is 5.26 Å². The number of esters is 1. The van der Waals surface area contributed by atoms with Crippen LogP contribution in [0.1, 0.15) is 10.4 Å². The summed E-state index contributed by atoms with van der Waals surface area (Å²) in [5.74, 6) is -0.866. The van der Waals surface area contributed by atoms with Gasteiger partial charge in [0.1, 0.15) is 6.07 Å². The summed E-state index contributed by atoms with van der Waals surface area (Å²) in [4.78, 5) is 21.1. The molecule has 0 aliphatic carbocycles. The Morgan fingerprint density at radius 2 is 2.31 bits per heavy atom. The monoisotopic (exact) mass is 240 g/mol. The molecule has 6 nitrogen and oxygen atoms in total. The fraction of sp³-hybridized carbons (Fsp3) is 0.111. The van der Waals surface area contributed by atoms with Crippen molar-refractivity contribution >= 4 is 23.3 Å². The lowest BCUT2D eigenvalue weighted by atomic mass is 10.2. The first-order valence-electron chi connectivity index (χ1n) is 4.04. The predicted molar refractivity (Wildman–Crippen MR) is 54.0 cm³/mol. The van der Waals surface area contributed by atoms with Gasteiger partial charge in [0, 0.05) is 12.1 Å². The molecule has 0 N–H and O–H groups in total. The number of non-ortho nitro benzene ring substituents is 1. The number of nitro groups is 1.